The first kappa shape index (κ1) is 14.0. The summed E-state index contributed by atoms with van der Waals surface area (Å²) in [7, 11) is 0. The molecular formula is C13H13F2NO2S. The molecule has 1 aliphatic heterocycles. The lowest BCUT2D eigenvalue weighted by molar-refractivity contribution is -0.117. The molecule has 1 heterocycles. The summed E-state index contributed by atoms with van der Waals surface area (Å²) in [5, 5.41) is -0.0113. The van der Waals surface area contributed by atoms with Crippen LogP contribution in [0.5, 0.6) is 0 Å². The zero-order valence-electron chi connectivity index (χ0n) is 10.4. The van der Waals surface area contributed by atoms with Crippen LogP contribution in [0.1, 0.15) is 13.3 Å². The molecule has 1 aliphatic rings. The standard InChI is InChI=1S/C13H13F2NO2S/c1-8(17)19-7-9-4-13(18)16(6-9)12-5-10(14)2-3-11(12)15/h2-3,5,9H,4,6-7H2,1H3. The smallest absolute Gasteiger partial charge is 0.227 e. The third-order valence-corrected chi connectivity index (χ3v) is 3.97. The summed E-state index contributed by atoms with van der Waals surface area (Å²) in [6, 6.07) is 3.05. The molecule has 3 nitrogen and oxygen atoms in total. The normalized spacial score (nSPS) is 19.0. The molecule has 1 fully saturated rings. The molecule has 0 radical (unpaired) electrons. The van der Waals surface area contributed by atoms with Crippen molar-refractivity contribution < 1.29 is 18.4 Å². The van der Waals surface area contributed by atoms with Gasteiger partial charge in [0.25, 0.3) is 0 Å². The second-order valence-corrected chi connectivity index (χ2v) is 5.67. The lowest BCUT2D eigenvalue weighted by atomic mass is 10.1. The van der Waals surface area contributed by atoms with E-state index < -0.39 is 11.6 Å². The van der Waals surface area contributed by atoms with Crippen molar-refractivity contribution in [2.24, 2.45) is 5.92 Å². The van der Waals surface area contributed by atoms with Gasteiger partial charge in [-0.25, -0.2) is 8.78 Å². The van der Waals surface area contributed by atoms with Crippen LogP contribution < -0.4 is 4.90 Å². The van der Waals surface area contributed by atoms with Gasteiger partial charge in [-0.15, -0.1) is 0 Å². The third kappa shape index (κ3) is 3.32. The van der Waals surface area contributed by atoms with Gasteiger partial charge in [-0.1, -0.05) is 11.8 Å². The maximum absolute atomic E-state index is 13.6. The number of thioether (sulfide) groups is 1. The molecular weight excluding hydrogens is 272 g/mol. The molecule has 1 saturated heterocycles. The molecule has 0 aliphatic carbocycles. The number of carbonyl (C=O) groups is 2. The van der Waals surface area contributed by atoms with Crippen LogP contribution in [0.3, 0.4) is 0 Å². The molecule has 1 unspecified atom stereocenters. The second kappa shape index (κ2) is 5.69. The zero-order chi connectivity index (χ0) is 14.0. The van der Waals surface area contributed by atoms with Crippen molar-refractivity contribution in [2.75, 3.05) is 17.2 Å². The minimum atomic E-state index is -0.616. The quantitative estimate of drug-likeness (QED) is 0.856. The first-order valence-corrected chi connectivity index (χ1v) is 6.84. The Bertz CT molecular complexity index is 521. The van der Waals surface area contributed by atoms with Crippen molar-refractivity contribution in [3.63, 3.8) is 0 Å². The molecule has 1 aromatic rings. The van der Waals surface area contributed by atoms with Crippen molar-refractivity contribution in [1.29, 1.82) is 0 Å². The molecule has 0 N–H and O–H groups in total. The van der Waals surface area contributed by atoms with Gasteiger partial charge in [0.05, 0.1) is 5.69 Å². The Kier molecular flexibility index (Phi) is 4.19. The molecule has 1 aromatic carbocycles. The van der Waals surface area contributed by atoms with E-state index in [4.69, 9.17) is 0 Å². The highest BCUT2D eigenvalue weighted by Crippen LogP contribution is 2.29. The van der Waals surface area contributed by atoms with E-state index in [2.05, 4.69) is 0 Å². The van der Waals surface area contributed by atoms with E-state index in [9.17, 15) is 18.4 Å². The van der Waals surface area contributed by atoms with Gasteiger partial charge in [0.15, 0.2) is 5.12 Å². The molecule has 0 saturated carbocycles. The Balaban J connectivity index is 2.11. The Morgan fingerprint density at radius 1 is 1.47 bits per heavy atom. The first-order chi connectivity index (χ1) is 8.97. The number of rotatable bonds is 3. The number of hydrogen-bond donors (Lipinski definition) is 0. The monoisotopic (exact) mass is 285 g/mol. The van der Waals surface area contributed by atoms with Crippen LogP contribution in [0.25, 0.3) is 0 Å². The average Bonchev–Trinajstić information content (AvgIpc) is 2.71. The number of anilines is 1. The van der Waals surface area contributed by atoms with E-state index in [1.165, 1.54) is 11.8 Å². The Labute approximate surface area is 114 Å². The van der Waals surface area contributed by atoms with Crippen LogP contribution in [-0.4, -0.2) is 23.3 Å². The molecule has 0 bridgehead atoms. The SMILES string of the molecule is CC(=O)SCC1CC(=O)N(c2cc(F)ccc2F)C1. The van der Waals surface area contributed by atoms with Crippen molar-refractivity contribution >= 4 is 28.5 Å². The van der Waals surface area contributed by atoms with Crippen LogP contribution in [-0.2, 0) is 9.59 Å². The minimum absolute atomic E-state index is 0.0101. The maximum Gasteiger partial charge on any atom is 0.227 e. The number of nitrogens with zero attached hydrogens (tertiary/aromatic N) is 1. The van der Waals surface area contributed by atoms with Gasteiger partial charge in [0.1, 0.15) is 11.6 Å². The van der Waals surface area contributed by atoms with Gasteiger partial charge in [0.2, 0.25) is 5.91 Å². The highest BCUT2D eigenvalue weighted by atomic mass is 32.2. The molecule has 102 valence electrons. The number of amides is 1. The highest BCUT2D eigenvalue weighted by molar-refractivity contribution is 8.13. The number of hydrogen-bond acceptors (Lipinski definition) is 3. The van der Waals surface area contributed by atoms with Crippen LogP contribution in [0.15, 0.2) is 18.2 Å². The Morgan fingerprint density at radius 2 is 2.21 bits per heavy atom. The summed E-state index contributed by atoms with van der Waals surface area (Å²) in [4.78, 5) is 24.0. The summed E-state index contributed by atoms with van der Waals surface area (Å²) < 4.78 is 26.7. The van der Waals surface area contributed by atoms with E-state index in [0.29, 0.717) is 12.3 Å². The lowest BCUT2D eigenvalue weighted by Gasteiger charge is -2.17. The molecule has 0 aromatic heterocycles. The van der Waals surface area contributed by atoms with Crippen LogP contribution >= 0.6 is 11.8 Å². The van der Waals surface area contributed by atoms with Gasteiger partial charge >= 0.3 is 0 Å². The zero-order valence-corrected chi connectivity index (χ0v) is 11.2. The maximum atomic E-state index is 13.6. The number of carbonyl (C=O) groups excluding carboxylic acids is 2. The number of halogens is 2. The van der Waals surface area contributed by atoms with E-state index in [1.54, 1.807) is 0 Å². The van der Waals surface area contributed by atoms with Gasteiger partial charge in [-0.05, 0) is 18.1 Å². The summed E-state index contributed by atoms with van der Waals surface area (Å²) in [5.41, 5.74) is -0.0275. The molecule has 19 heavy (non-hydrogen) atoms. The highest BCUT2D eigenvalue weighted by Gasteiger charge is 2.32. The lowest BCUT2D eigenvalue weighted by Crippen LogP contribution is -2.26. The summed E-state index contributed by atoms with van der Waals surface area (Å²) >= 11 is 1.15. The third-order valence-electron chi connectivity index (χ3n) is 2.93. The Morgan fingerprint density at radius 3 is 2.89 bits per heavy atom. The molecule has 1 atom stereocenters. The van der Waals surface area contributed by atoms with Crippen LogP contribution in [0.2, 0.25) is 0 Å². The summed E-state index contributed by atoms with van der Waals surface area (Å²) in [6.07, 6.45) is 0.260. The van der Waals surface area contributed by atoms with Gasteiger partial charge in [-0.2, -0.15) is 0 Å². The van der Waals surface area contributed by atoms with Gasteiger partial charge in [-0.3, -0.25) is 9.59 Å². The van der Waals surface area contributed by atoms with E-state index in [1.807, 2.05) is 0 Å². The Hall–Kier alpha value is -1.43. The van der Waals surface area contributed by atoms with Gasteiger partial charge < -0.3 is 4.90 Å². The average molecular weight is 285 g/mol. The number of benzene rings is 1. The van der Waals surface area contributed by atoms with Crippen molar-refractivity contribution in [3.8, 4) is 0 Å². The van der Waals surface area contributed by atoms with Crippen LogP contribution in [0, 0.1) is 17.6 Å². The van der Waals surface area contributed by atoms with Crippen molar-refractivity contribution in [3.05, 3.63) is 29.8 Å². The van der Waals surface area contributed by atoms with Crippen LogP contribution in [0.4, 0.5) is 14.5 Å². The van der Waals surface area contributed by atoms with Crippen molar-refractivity contribution in [2.45, 2.75) is 13.3 Å². The van der Waals surface area contributed by atoms with Gasteiger partial charge in [0, 0.05) is 31.7 Å². The predicted molar refractivity (Wildman–Crippen MR) is 70.0 cm³/mol. The fraction of sp³-hybridized carbons (Fsp3) is 0.385. The molecule has 1 amide bonds. The fourth-order valence-electron chi connectivity index (χ4n) is 2.05. The molecule has 0 spiro atoms. The second-order valence-electron chi connectivity index (χ2n) is 4.47. The fourth-order valence-corrected chi connectivity index (χ4v) is 2.75. The minimum Gasteiger partial charge on any atom is -0.309 e. The largest absolute Gasteiger partial charge is 0.309 e. The molecule has 2 rings (SSSR count). The van der Waals surface area contributed by atoms with E-state index in [0.717, 1.165) is 30.0 Å². The van der Waals surface area contributed by atoms with E-state index >= 15 is 0 Å². The van der Waals surface area contributed by atoms with Crippen molar-refractivity contribution in [1.82, 2.24) is 0 Å². The predicted octanol–water partition coefficient (Wildman–Crippen LogP) is 2.60. The summed E-state index contributed by atoms with van der Waals surface area (Å²) in [6.45, 7) is 1.78. The summed E-state index contributed by atoms with van der Waals surface area (Å²) in [5.74, 6) is -0.919. The topological polar surface area (TPSA) is 37.4 Å². The first-order valence-electron chi connectivity index (χ1n) is 5.86. The molecule has 6 heteroatoms. The van der Waals surface area contributed by atoms with E-state index in [-0.39, 0.29) is 29.0 Å².